The molecule has 0 radical (unpaired) electrons. The monoisotopic (exact) mass is 332 g/mol. The van der Waals surface area contributed by atoms with Crippen molar-refractivity contribution in [2.45, 2.75) is 19.8 Å². The summed E-state index contributed by atoms with van der Waals surface area (Å²) in [5.74, 6) is 0.582. The van der Waals surface area contributed by atoms with Crippen molar-refractivity contribution in [2.24, 2.45) is 0 Å². The first-order chi connectivity index (χ1) is 10.7. The predicted molar refractivity (Wildman–Crippen MR) is 96.2 cm³/mol. The molecule has 1 heterocycles. The number of carbonyl (C=O) groups is 1. The number of ether oxygens (including phenoxy) is 1. The molecule has 0 atom stereocenters. The van der Waals surface area contributed by atoms with Gasteiger partial charge in [0, 0.05) is 17.8 Å². The van der Waals surface area contributed by atoms with Gasteiger partial charge in [0.25, 0.3) is 5.91 Å². The van der Waals surface area contributed by atoms with Gasteiger partial charge < -0.3 is 15.4 Å². The van der Waals surface area contributed by atoms with Crippen LogP contribution in [-0.4, -0.2) is 19.6 Å². The van der Waals surface area contributed by atoms with Gasteiger partial charge in [0.2, 0.25) is 0 Å². The topological polar surface area (TPSA) is 50.4 Å². The van der Waals surface area contributed by atoms with Gasteiger partial charge in [-0.15, -0.1) is 12.4 Å². The summed E-state index contributed by atoms with van der Waals surface area (Å²) in [6.07, 6.45) is 1.97. The summed E-state index contributed by atoms with van der Waals surface area (Å²) in [5.41, 5.74) is 4.68. The van der Waals surface area contributed by atoms with Crippen LogP contribution < -0.4 is 15.4 Å². The average Bonchev–Trinajstić information content (AvgIpc) is 2.55. The number of methoxy groups -OCH3 is 1. The Morgan fingerprint density at radius 3 is 2.87 bits per heavy atom. The molecular weight excluding hydrogens is 312 g/mol. The van der Waals surface area contributed by atoms with E-state index in [9.17, 15) is 4.79 Å². The van der Waals surface area contributed by atoms with Gasteiger partial charge in [-0.2, -0.15) is 0 Å². The van der Waals surface area contributed by atoms with Crippen LogP contribution in [0.15, 0.2) is 36.4 Å². The number of benzene rings is 2. The van der Waals surface area contributed by atoms with Crippen molar-refractivity contribution in [1.29, 1.82) is 0 Å². The lowest BCUT2D eigenvalue weighted by Crippen LogP contribution is -2.19. The number of amides is 1. The largest absolute Gasteiger partial charge is 0.495 e. The van der Waals surface area contributed by atoms with Gasteiger partial charge in [-0.3, -0.25) is 4.79 Å². The maximum atomic E-state index is 12.6. The van der Waals surface area contributed by atoms with Gasteiger partial charge in [0.15, 0.2) is 0 Å². The summed E-state index contributed by atoms with van der Waals surface area (Å²) in [6, 6.07) is 11.6. The zero-order chi connectivity index (χ0) is 15.5. The molecule has 0 unspecified atom stereocenters. The third-order valence-electron chi connectivity index (χ3n) is 3.94. The molecule has 23 heavy (non-hydrogen) atoms. The Balaban J connectivity index is 0.00000192. The maximum Gasteiger partial charge on any atom is 0.256 e. The van der Waals surface area contributed by atoms with Crippen LogP contribution >= 0.6 is 12.4 Å². The van der Waals surface area contributed by atoms with E-state index in [0.29, 0.717) is 11.4 Å². The molecule has 2 aromatic rings. The van der Waals surface area contributed by atoms with Gasteiger partial charge >= 0.3 is 0 Å². The summed E-state index contributed by atoms with van der Waals surface area (Å²) in [6.45, 7) is 2.96. The first kappa shape index (κ1) is 17.2. The van der Waals surface area contributed by atoms with Crippen LogP contribution in [0.1, 0.15) is 27.9 Å². The van der Waals surface area contributed by atoms with Crippen LogP contribution in [0.2, 0.25) is 0 Å². The third kappa shape index (κ3) is 3.59. The molecular formula is C18H21ClN2O2. The van der Waals surface area contributed by atoms with Gasteiger partial charge in [-0.05, 0) is 55.2 Å². The summed E-state index contributed by atoms with van der Waals surface area (Å²) in [4.78, 5) is 12.6. The molecule has 5 heteroatoms. The molecule has 0 aromatic heterocycles. The Hall–Kier alpha value is -2.20. The fraction of sp³-hybridized carbons (Fsp3) is 0.278. The summed E-state index contributed by atoms with van der Waals surface area (Å²) in [5, 5.41) is 6.31. The van der Waals surface area contributed by atoms with E-state index in [2.05, 4.69) is 10.6 Å². The van der Waals surface area contributed by atoms with E-state index in [1.54, 1.807) is 7.11 Å². The van der Waals surface area contributed by atoms with Crippen molar-refractivity contribution in [2.75, 3.05) is 24.3 Å². The van der Waals surface area contributed by atoms with Crippen molar-refractivity contribution in [1.82, 2.24) is 0 Å². The predicted octanol–water partition coefficient (Wildman–Crippen LogP) is 4.04. The number of anilines is 2. The molecule has 1 aliphatic rings. The lowest BCUT2D eigenvalue weighted by atomic mass is 9.97. The van der Waals surface area contributed by atoms with E-state index in [1.165, 1.54) is 0 Å². The van der Waals surface area contributed by atoms with Crippen molar-refractivity contribution in [3.05, 3.63) is 53.1 Å². The quantitative estimate of drug-likeness (QED) is 0.892. The average molecular weight is 333 g/mol. The Morgan fingerprint density at radius 1 is 1.26 bits per heavy atom. The van der Waals surface area contributed by atoms with Gasteiger partial charge in [0.05, 0.1) is 12.8 Å². The zero-order valence-electron chi connectivity index (χ0n) is 13.3. The van der Waals surface area contributed by atoms with E-state index in [0.717, 1.165) is 41.8 Å². The maximum absolute atomic E-state index is 12.6. The summed E-state index contributed by atoms with van der Waals surface area (Å²) in [7, 11) is 1.61. The molecule has 0 saturated carbocycles. The molecule has 122 valence electrons. The van der Waals surface area contributed by atoms with Crippen LogP contribution in [0.4, 0.5) is 11.4 Å². The number of hydrogen-bond acceptors (Lipinski definition) is 3. The minimum atomic E-state index is -0.0947. The normalized spacial score (nSPS) is 12.4. The fourth-order valence-corrected chi connectivity index (χ4v) is 2.81. The first-order valence-electron chi connectivity index (χ1n) is 7.51. The number of fused-ring (bicyclic) bond motifs is 1. The van der Waals surface area contributed by atoms with Crippen molar-refractivity contribution in [3.8, 4) is 5.75 Å². The SMILES string of the molecule is COc1cc(C)ccc1NC(=O)c1cccc2c1CCCN2.Cl. The van der Waals surface area contributed by atoms with E-state index in [-0.39, 0.29) is 18.3 Å². The summed E-state index contributed by atoms with van der Waals surface area (Å²) < 4.78 is 5.35. The van der Waals surface area contributed by atoms with Crippen molar-refractivity contribution in [3.63, 3.8) is 0 Å². The minimum Gasteiger partial charge on any atom is -0.495 e. The number of hydrogen-bond donors (Lipinski definition) is 2. The molecule has 0 fully saturated rings. The second-order valence-electron chi connectivity index (χ2n) is 5.52. The number of aryl methyl sites for hydroxylation is 1. The molecule has 1 amide bonds. The number of halogens is 1. The van der Waals surface area contributed by atoms with E-state index >= 15 is 0 Å². The number of carbonyl (C=O) groups excluding carboxylic acids is 1. The Morgan fingerprint density at radius 2 is 2.09 bits per heavy atom. The molecule has 1 aliphatic heterocycles. The number of nitrogens with one attached hydrogen (secondary N) is 2. The Bertz CT molecular complexity index is 716. The molecule has 0 spiro atoms. The first-order valence-corrected chi connectivity index (χ1v) is 7.51. The van der Waals surface area contributed by atoms with E-state index in [4.69, 9.17) is 4.74 Å². The highest BCUT2D eigenvalue weighted by Gasteiger charge is 2.18. The zero-order valence-corrected chi connectivity index (χ0v) is 14.1. The molecule has 0 bridgehead atoms. The van der Waals surface area contributed by atoms with Crippen molar-refractivity contribution >= 4 is 29.7 Å². The second kappa shape index (κ2) is 7.38. The Kier molecular flexibility index (Phi) is 5.50. The van der Waals surface area contributed by atoms with Crippen LogP contribution in [0, 0.1) is 6.92 Å². The van der Waals surface area contributed by atoms with Crippen molar-refractivity contribution < 1.29 is 9.53 Å². The molecule has 3 rings (SSSR count). The highest BCUT2D eigenvalue weighted by Crippen LogP contribution is 2.29. The van der Waals surface area contributed by atoms with Crippen LogP contribution in [-0.2, 0) is 6.42 Å². The molecule has 2 aromatic carbocycles. The lowest BCUT2D eigenvalue weighted by molar-refractivity contribution is 0.102. The van der Waals surface area contributed by atoms with E-state index in [1.807, 2.05) is 43.3 Å². The minimum absolute atomic E-state index is 0. The third-order valence-corrected chi connectivity index (χ3v) is 3.94. The standard InChI is InChI=1S/C18H20N2O2.ClH/c1-12-8-9-16(17(11-12)22-2)20-18(21)14-5-3-7-15-13(14)6-4-10-19-15;/h3,5,7-9,11,19H,4,6,10H2,1-2H3,(H,20,21);1H. The van der Waals surface area contributed by atoms with Crippen LogP contribution in [0.3, 0.4) is 0 Å². The smallest absolute Gasteiger partial charge is 0.256 e. The van der Waals surface area contributed by atoms with Gasteiger partial charge in [0.1, 0.15) is 5.75 Å². The van der Waals surface area contributed by atoms with Gasteiger partial charge in [-0.25, -0.2) is 0 Å². The highest BCUT2D eigenvalue weighted by molar-refractivity contribution is 6.07. The van der Waals surface area contributed by atoms with Gasteiger partial charge in [-0.1, -0.05) is 12.1 Å². The lowest BCUT2D eigenvalue weighted by Gasteiger charge is -2.20. The summed E-state index contributed by atoms with van der Waals surface area (Å²) >= 11 is 0. The molecule has 0 saturated heterocycles. The van der Waals surface area contributed by atoms with Crippen LogP contribution in [0.25, 0.3) is 0 Å². The molecule has 2 N–H and O–H groups in total. The highest BCUT2D eigenvalue weighted by atomic mass is 35.5. The Labute approximate surface area is 142 Å². The molecule has 0 aliphatic carbocycles. The molecule has 4 nitrogen and oxygen atoms in total. The number of rotatable bonds is 3. The fourth-order valence-electron chi connectivity index (χ4n) is 2.81. The van der Waals surface area contributed by atoms with Crippen LogP contribution in [0.5, 0.6) is 5.75 Å². The van der Waals surface area contributed by atoms with E-state index < -0.39 is 0 Å². The second-order valence-corrected chi connectivity index (χ2v) is 5.52.